The third kappa shape index (κ3) is 4.29. The third-order valence-corrected chi connectivity index (χ3v) is 8.76. The topological polar surface area (TPSA) is 3.24 Å². The summed E-state index contributed by atoms with van der Waals surface area (Å²) in [6.45, 7) is 0. The smallest absolute Gasteiger partial charge is 0.0487 e. The van der Waals surface area contributed by atoms with Crippen LogP contribution in [-0.2, 0) is 0 Å². The van der Waals surface area contributed by atoms with Crippen LogP contribution in [0.5, 0.6) is 0 Å². The van der Waals surface area contributed by atoms with Crippen LogP contribution in [0.2, 0.25) is 0 Å². The molecule has 39 heavy (non-hydrogen) atoms. The lowest BCUT2D eigenvalue weighted by Gasteiger charge is -2.23. The molecule has 0 fully saturated rings. The van der Waals surface area contributed by atoms with Gasteiger partial charge in [-0.1, -0.05) is 121 Å². The highest BCUT2D eigenvalue weighted by Gasteiger charge is 2.12. The summed E-state index contributed by atoms with van der Waals surface area (Å²) in [4.78, 5) is 2.26. The van der Waals surface area contributed by atoms with Gasteiger partial charge >= 0.3 is 0 Å². The standard InChI is InChI=1S/C37H27NS/c1-38(35-16-7-5-12-31(35)28-10-3-2-4-11-28)30-24-22-27(23-25-30)26-18-20-29(21-19-26)32-14-9-15-34-33-13-6-8-17-36(33)39-37(32)34/h2-25H,1H3. The van der Waals surface area contributed by atoms with E-state index in [9.17, 15) is 0 Å². The minimum absolute atomic E-state index is 1.16. The molecule has 2 heteroatoms. The zero-order chi connectivity index (χ0) is 26.2. The molecule has 7 rings (SSSR count). The number of benzene rings is 6. The van der Waals surface area contributed by atoms with Crippen molar-refractivity contribution < 1.29 is 0 Å². The number of anilines is 2. The molecule has 0 N–H and O–H groups in total. The summed E-state index contributed by atoms with van der Waals surface area (Å²) in [5, 5.41) is 2.68. The fourth-order valence-electron chi connectivity index (χ4n) is 5.46. The van der Waals surface area contributed by atoms with Crippen LogP contribution in [0, 0.1) is 0 Å². The van der Waals surface area contributed by atoms with Crippen molar-refractivity contribution in [2.75, 3.05) is 11.9 Å². The highest BCUT2D eigenvalue weighted by molar-refractivity contribution is 7.26. The van der Waals surface area contributed by atoms with Gasteiger partial charge in [0.15, 0.2) is 0 Å². The quantitative estimate of drug-likeness (QED) is 0.219. The van der Waals surface area contributed by atoms with E-state index in [1.54, 1.807) is 0 Å². The second kappa shape index (κ2) is 9.90. The first kappa shape index (κ1) is 23.5. The molecule has 186 valence electrons. The van der Waals surface area contributed by atoms with Crippen LogP contribution in [0.4, 0.5) is 11.4 Å². The van der Waals surface area contributed by atoms with Gasteiger partial charge in [0.05, 0.1) is 0 Å². The van der Waals surface area contributed by atoms with Gasteiger partial charge in [-0.2, -0.15) is 0 Å². The Morgan fingerprint density at radius 1 is 0.436 bits per heavy atom. The van der Waals surface area contributed by atoms with Gasteiger partial charge in [0.2, 0.25) is 0 Å². The normalized spacial score (nSPS) is 11.2. The van der Waals surface area contributed by atoms with Crippen molar-refractivity contribution in [1.29, 1.82) is 0 Å². The molecule has 0 aliphatic carbocycles. The predicted molar refractivity (Wildman–Crippen MR) is 170 cm³/mol. The van der Waals surface area contributed by atoms with Crippen molar-refractivity contribution in [3.05, 3.63) is 146 Å². The lowest BCUT2D eigenvalue weighted by atomic mass is 9.98. The molecule has 0 saturated heterocycles. The Bertz CT molecular complexity index is 1900. The molecule has 0 atom stereocenters. The fourth-order valence-corrected chi connectivity index (χ4v) is 6.70. The van der Waals surface area contributed by atoms with Crippen molar-refractivity contribution in [3.8, 4) is 33.4 Å². The summed E-state index contributed by atoms with van der Waals surface area (Å²) < 4.78 is 2.70. The molecule has 0 saturated carbocycles. The van der Waals surface area contributed by atoms with E-state index in [0.717, 1.165) is 5.69 Å². The van der Waals surface area contributed by atoms with Gasteiger partial charge < -0.3 is 4.90 Å². The lowest BCUT2D eigenvalue weighted by molar-refractivity contribution is 1.21. The maximum Gasteiger partial charge on any atom is 0.0487 e. The average Bonchev–Trinajstić information content (AvgIpc) is 3.40. The van der Waals surface area contributed by atoms with Gasteiger partial charge in [-0.15, -0.1) is 11.3 Å². The second-order valence-corrected chi connectivity index (χ2v) is 10.9. The summed E-state index contributed by atoms with van der Waals surface area (Å²) in [7, 11) is 2.14. The molecule has 1 aromatic heterocycles. The van der Waals surface area contributed by atoms with Crippen LogP contribution in [0.3, 0.4) is 0 Å². The van der Waals surface area contributed by atoms with Crippen LogP contribution in [-0.4, -0.2) is 7.05 Å². The van der Waals surface area contributed by atoms with E-state index in [1.165, 1.54) is 59.2 Å². The van der Waals surface area contributed by atoms with E-state index >= 15 is 0 Å². The minimum Gasteiger partial charge on any atom is -0.344 e. The Balaban J connectivity index is 1.17. The van der Waals surface area contributed by atoms with E-state index in [4.69, 9.17) is 0 Å². The third-order valence-electron chi connectivity index (χ3n) is 7.54. The molecular weight excluding hydrogens is 490 g/mol. The Morgan fingerprint density at radius 3 is 1.79 bits per heavy atom. The number of hydrogen-bond acceptors (Lipinski definition) is 2. The first-order valence-electron chi connectivity index (χ1n) is 13.3. The largest absolute Gasteiger partial charge is 0.344 e. The van der Waals surface area contributed by atoms with Crippen molar-refractivity contribution >= 4 is 42.9 Å². The summed E-state index contributed by atoms with van der Waals surface area (Å²) in [5.74, 6) is 0. The number of fused-ring (bicyclic) bond motifs is 3. The molecule has 7 aromatic rings. The molecule has 0 radical (unpaired) electrons. The van der Waals surface area contributed by atoms with E-state index in [-0.39, 0.29) is 0 Å². The van der Waals surface area contributed by atoms with Gasteiger partial charge in [-0.05, 0) is 52.1 Å². The summed E-state index contributed by atoms with van der Waals surface area (Å²) in [6, 6.07) is 52.4. The summed E-state index contributed by atoms with van der Waals surface area (Å²) in [6.07, 6.45) is 0. The predicted octanol–water partition coefficient (Wildman–Crippen LogP) is 10.8. The first-order chi connectivity index (χ1) is 19.3. The zero-order valence-corrected chi connectivity index (χ0v) is 22.5. The molecule has 6 aromatic carbocycles. The van der Waals surface area contributed by atoms with Gasteiger partial charge in [-0.25, -0.2) is 0 Å². The number of para-hydroxylation sites is 1. The molecule has 0 aliphatic heterocycles. The highest BCUT2D eigenvalue weighted by Crippen LogP contribution is 2.40. The Kier molecular flexibility index (Phi) is 5.96. The van der Waals surface area contributed by atoms with Gasteiger partial charge in [0.1, 0.15) is 0 Å². The molecule has 0 bridgehead atoms. The average molecular weight is 518 g/mol. The van der Waals surface area contributed by atoms with Crippen LogP contribution in [0.1, 0.15) is 0 Å². The zero-order valence-electron chi connectivity index (χ0n) is 21.7. The SMILES string of the molecule is CN(c1ccc(-c2ccc(-c3cccc4c3sc3ccccc34)cc2)cc1)c1ccccc1-c1ccccc1. The number of rotatable bonds is 5. The second-order valence-electron chi connectivity index (χ2n) is 9.85. The van der Waals surface area contributed by atoms with Crippen molar-refractivity contribution in [3.63, 3.8) is 0 Å². The van der Waals surface area contributed by atoms with E-state index in [1.807, 2.05) is 11.3 Å². The van der Waals surface area contributed by atoms with Crippen LogP contribution >= 0.6 is 11.3 Å². The van der Waals surface area contributed by atoms with Gasteiger partial charge in [0.25, 0.3) is 0 Å². The van der Waals surface area contributed by atoms with Gasteiger partial charge in [0, 0.05) is 44.2 Å². The molecular formula is C37H27NS. The number of hydrogen-bond donors (Lipinski definition) is 0. The molecule has 0 spiro atoms. The summed E-state index contributed by atoms with van der Waals surface area (Å²) in [5.41, 5.74) is 9.80. The van der Waals surface area contributed by atoms with Crippen LogP contribution < -0.4 is 4.90 Å². The Labute approximate surface area is 233 Å². The molecule has 1 heterocycles. The number of nitrogens with zero attached hydrogens (tertiary/aromatic N) is 1. The monoisotopic (exact) mass is 517 g/mol. The van der Waals surface area contributed by atoms with Crippen LogP contribution in [0.15, 0.2) is 146 Å². The van der Waals surface area contributed by atoms with Crippen molar-refractivity contribution in [1.82, 2.24) is 0 Å². The van der Waals surface area contributed by atoms with Crippen molar-refractivity contribution in [2.45, 2.75) is 0 Å². The van der Waals surface area contributed by atoms with E-state index in [2.05, 4.69) is 158 Å². The maximum atomic E-state index is 2.26. The fraction of sp³-hybridized carbons (Fsp3) is 0.0270. The highest BCUT2D eigenvalue weighted by atomic mass is 32.1. The van der Waals surface area contributed by atoms with Crippen LogP contribution in [0.25, 0.3) is 53.6 Å². The molecule has 0 unspecified atom stereocenters. The van der Waals surface area contributed by atoms with E-state index in [0.29, 0.717) is 0 Å². The Morgan fingerprint density at radius 2 is 1.00 bits per heavy atom. The van der Waals surface area contributed by atoms with Crippen molar-refractivity contribution in [2.24, 2.45) is 0 Å². The first-order valence-corrected chi connectivity index (χ1v) is 14.1. The maximum absolute atomic E-state index is 2.26. The molecule has 0 aliphatic rings. The lowest BCUT2D eigenvalue weighted by Crippen LogP contribution is -2.10. The number of thiophene rings is 1. The Hall–Kier alpha value is -4.66. The minimum atomic E-state index is 1.16. The summed E-state index contributed by atoms with van der Waals surface area (Å²) >= 11 is 1.88. The van der Waals surface area contributed by atoms with E-state index < -0.39 is 0 Å². The molecule has 1 nitrogen and oxygen atoms in total. The van der Waals surface area contributed by atoms with Gasteiger partial charge in [-0.3, -0.25) is 0 Å². The molecule has 0 amide bonds.